The van der Waals surface area contributed by atoms with Crippen LogP contribution in [0.25, 0.3) is 0 Å². The molecule has 0 radical (unpaired) electrons. The zero-order valence-electron chi connectivity index (χ0n) is 24.8. The number of aliphatic hydroxyl groups is 1. The van der Waals surface area contributed by atoms with Crippen molar-refractivity contribution < 1.29 is 38.5 Å². The van der Waals surface area contributed by atoms with E-state index in [2.05, 4.69) is 33.2 Å². The van der Waals surface area contributed by atoms with Crippen LogP contribution in [0.5, 0.6) is 0 Å². The van der Waals surface area contributed by atoms with Gasteiger partial charge < -0.3 is 30.0 Å². The van der Waals surface area contributed by atoms with Gasteiger partial charge in [-0.1, -0.05) is 78.9 Å². The van der Waals surface area contributed by atoms with Crippen molar-refractivity contribution in [3.63, 3.8) is 0 Å². The summed E-state index contributed by atoms with van der Waals surface area (Å²) in [5, 5.41) is 16.1. The van der Waals surface area contributed by atoms with Crippen LogP contribution < -0.4 is 10.6 Å². The summed E-state index contributed by atoms with van der Waals surface area (Å²) >= 11 is 2.24. The molecule has 11 nitrogen and oxygen atoms in total. The number of ether oxygens (including phenoxy) is 3. The van der Waals surface area contributed by atoms with Gasteiger partial charge in [0.15, 0.2) is 6.04 Å². The zero-order chi connectivity index (χ0) is 31.9. The summed E-state index contributed by atoms with van der Waals surface area (Å²) in [5.41, 5.74) is 1.06. The number of aliphatic hydroxyl groups excluding tert-OH is 1. The van der Waals surface area contributed by atoms with Crippen molar-refractivity contribution >= 4 is 40.4 Å². The maximum atomic E-state index is 14.4. The van der Waals surface area contributed by atoms with Gasteiger partial charge in [-0.3, -0.25) is 19.2 Å². The lowest BCUT2D eigenvalue weighted by molar-refractivity contribution is -0.213. The summed E-state index contributed by atoms with van der Waals surface area (Å²) < 4.78 is 20.9. The van der Waals surface area contributed by atoms with Gasteiger partial charge in [0.05, 0.1) is 13.2 Å². The van der Waals surface area contributed by atoms with Crippen LogP contribution >= 0.6 is 22.6 Å². The predicted octanol–water partition coefficient (Wildman–Crippen LogP) is 2.39. The first kappa shape index (κ1) is 31.2. The molecular formula is C34H34IN3O8. The average molecular weight is 740 g/mol. The molecule has 3 aromatic carbocycles. The fraction of sp³-hybridized carbons (Fsp3) is 0.382. The van der Waals surface area contributed by atoms with Crippen molar-refractivity contribution in [1.82, 2.24) is 15.7 Å². The van der Waals surface area contributed by atoms with E-state index in [1.54, 1.807) is 5.06 Å². The summed E-state index contributed by atoms with van der Waals surface area (Å²) in [6.07, 6.45) is -3.02. The van der Waals surface area contributed by atoms with Gasteiger partial charge in [0.1, 0.15) is 29.8 Å². The van der Waals surface area contributed by atoms with E-state index in [0.29, 0.717) is 0 Å². The molecule has 0 aromatic heterocycles. The Bertz CT molecular complexity index is 1570. The van der Waals surface area contributed by atoms with Crippen LogP contribution in [0, 0.1) is 8.99 Å². The second-order valence-electron chi connectivity index (χ2n) is 11.9. The van der Waals surface area contributed by atoms with Crippen molar-refractivity contribution in [2.45, 2.75) is 55.6 Å². The number of amides is 2. The number of carbonyl (C=O) groups excluding carboxylic acids is 3. The number of esters is 1. The normalized spacial score (nSPS) is 29.1. The third-order valence-corrected chi connectivity index (χ3v) is 10.3. The van der Waals surface area contributed by atoms with Crippen LogP contribution in [-0.4, -0.2) is 78.1 Å². The van der Waals surface area contributed by atoms with E-state index in [-0.39, 0.29) is 45.0 Å². The molecular weight excluding hydrogens is 705 g/mol. The van der Waals surface area contributed by atoms with Crippen LogP contribution in [0.2, 0.25) is 0 Å². The van der Waals surface area contributed by atoms with Gasteiger partial charge in [-0.15, -0.1) is 0 Å². The quantitative estimate of drug-likeness (QED) is 0.212. The third kappa shape index (κ3) is 5.20. The van der Waals surface area contributed by atoms with Gasteiger partial charge in [-0.05, 0) is 34.2 Å². The van der Waals surface area contributed by atoms with Crippen molar-refractivity contribution in [3.05, 3.63) is 105 Å². The summed E-state index contributed by atoms with van der Waals surface area (Å²) in [6.45, 7) is 0.219. The number of nitrogens with one attached hydrogen (secondary N) is 2. The third-order valence-electron chi connectivity index (χ3n) is 9.24. The van der Waals surface area contributed by atoms with Gasteiger partial charge in [0.25, 0.3) is 0 Å². The molecule has 3 heterocycles. The maximum absolute atomic E-state index is 14.4. The number of nitrogens with zero attached hydrogens (tertiary/aromatic N) is 1. The highest BCUT2D eigenvalue weighted by Gasteiger charge is 2.76. The monoisotopic (exact) mass is 739 g/mol. The summed E-state index contributed by atoms with van der Waals surface area (Å²) in [4.78, 5) is 47.2. The summed E-state index contributed by atoms with van der Waals surface area (Å²) in [5.74, 6) is -2.63. The molecule has 0 spiro atoms. The lowest BCUT2D eigenvalue weighted by atomic mass is 9.62. The van der Waals surface area contributed by atoms with Gasteiger partial charge in [-0.2, -0.15) is 5.06 Å². The molecule has 6 atom stereocenters. The second-order valence-corrected chi connectivity index (χ2v) is 13.1. The molecule has 1 aliphatic carbocycles. The van der Waals surface area contributed by atoms with Crippen LogP contribution in [0.15, 0.2) is 84.9 Å². The number of hydrogen-bond donors (Lipinski definition) is 3. The topological polar surface area (TPSA) is 136 Å². The summed E-state index contributed by atoms with van der Waals surface area (Å²) in [7, 11) is 0. The number of hydroxylamine groups is 2. The Hall–Kier alpha value is -3.40. The van der Waals surface area contributed by atoms with E-state index in [0.717, 1.165) is 20.3 Å². The fourth-order valence-corrected chi connectivity index (χ4v) is 7.78. The highest BCUT2D eigenvalue weighted by molar-refractivity contribution is 14.1. The molecule has 3 N–H and O–H groups in total. The van der Waals surface area contributed by atoms with E-state index in [4.69, 9.17) is 24.2 Å². The molecule has 12 heteroatoms. The molecule has 0 unspecified atom stereocenters. The Morgan fingerprint density at radius 1 is 0.891 bits per heavy atom. The molecule has 3 aromatic rings. The first-order valence-corrected chi connectivity index (χ1v) is 16.4. The Kier molecular flexibility index (Phi) is 8.59. The van der Waals surface area contributed by atoms with E-state index in [9.17, 15) is 14.4 Å². The zero-order valence-corrected chi connectivity index (χ0v) is 27.0. The Morgan fingerprint density at radius 3 is 2.22 bits per heavy atom. The number of rotatable bonds is 10. The minimum absolute atomic E-state index is 0.00853. The Labute approximate surface area is 279 Å². The molecule has 3 saturated heterocycles. The average Bonchev–Trinajstić information content (AvgIpc) is 3.65. The van der Waals surface area contributed by atoms with Gasteiger partial charge in [0, 0.05) is 40.6 Å². The van der Waals surface area contributed by atoms with Crippen LogP contribution in [0.4, 0.5) is 0 Å². The Morgan fingerprint density at radius 2 is 1.54 bits per heavy atom. The van der Waals surface area contributed by atoms with Crippen molar-refractivity contribution in [2.75, 3.05) is 19.7 Å². The number of hydrogen-bond acceptors (Lipinski definition) is 9. The number of halogens is 1. The molecule has 240 valence electrons. The van der Waals surface area contributed by atoms with Crippen LogP contribution in [-0.2, 0) is 45.8 Å². The summed E-state index contributed by atoms with van der Waals surface area (Å²) in [6, 6.07) is 25.9. The van der Waals surface area contributed by atoms with Crippen LogP contribution in [0.1, 0.15) is 29.5 Å². The number of benzene rings is 3. The largest absolute Gasteiger partial charge is 0.458 e. The lowest BCUT2D eigenvalue weighted by Crippen LogP contribution is -2.69. The predicted molar refractivity (Wildman–Crippen MR) is 171 cm³/mol. The van der Waals surface area contributed by atoms with E-state index < -0.39 is 53.5 Å². The Balaban J connectivity index is 1.27. The number of carbonyl (C=O) groups is 3. The van der Waals surface area contributed by atoms with Crippen LogP contribution in [0.3, 0.4) is 0 Å². The molecule has 4 fully saturated rings. The van der Waals surface area contributed by atoms with Crippen molar-refractivity contribution in [1.29, 1.82) is 0 Å². The maximum Gasteiger partial charge on any atom is 0.327 e. The lowest BCUT2D eigenvalue weighted by Gasteiger charge is -2.48. The minimum atomic E-state index is -1.38. The molecule has 7 rings (SSSR count). The van der Waals surface area contributed by atoms with Gasteiger partial charge >= 0.3 is 5.97 Å². The molecule has 2 amide bonds. The highest BCUT2D eigenvalue weighted by Crippen LogP contribution is 2.59. The molecule has 4 aliphatic rings. The smallest absolute Gasteiger partial charge is 0.327 e. The highest BCUT2D eigenvalue weighted by atomic mass is 127. The molecule has 1 saturated carbocycles. The van der Waals surface area contributed by atoms with Crippen molar-refractivity contribution in [2.24, 2.45) is 5.41 Å². The molecule has 3 aliphatic heterocycles. The minimum Gasteiger partial charge on any atom is -0.458 e. The van der Waals surface area contributed by atoms with Gasteiger partial charge in [0.2, 0.25) is 17.6 Å². The first-order chi connectivity index (χ1) is 22.4. The fourth-order valence-electron chi connectivity index (χ4n) is 7.22. The number of fused-ring (bicyclic) bond motifs is 4. The standard InChI is InChI=1S/C34H34IN3O8/c35-24-14-8-7-9-21(24)20-38-29-31(41)43-25-19-33(29,32(42)37-16-15-26(40)36-17-18-39)30(46-38)28-27(25)44-34(45-28,22-10-3-1-4-11-22)23-12-5-2-6-13-23/h1-14,25,27-30,39H,15-20H2,(H,36,40)(H,37,42)/t25-,27+,28+,29+,30-,33+/m1/s1. The van der Waals surface area contributed by atoms with Crippen molar-refractivity contribution in [3.8, 4) is 0 Å². The molecule has 2 bridgehead atoms. The van der Waals surface area contributed by atoms with E-state index in [1.165, 1.54) is 0 Å². The first-order valence-electron chi connectivity index (χ1n) is 15.4. The second kappa shape index (κ2) is 12.7. The van der Waals surface area contributed by atoms with E-state index in [1.807, 2.05) is 84.9 Å². The molecule has 46 heavy (non-hydrogen) atoms. The SMILES string of the molecule is O=C(CCNC(=O)[C@@]12C[C@H]3OC(=O)[C@@H]1N(Cc1ccccc1I)O[C@@H]2[C@H]1OC(c2ccccc2)(c2ccccc2)O[C@H]13)NCCO. The van der Waals surface area contributed by atoms with E-state index >= 15 is 0 Å². The van der Waals surface area contributed by atoms with Gasteiger partial charge in [-0.25, -0.2) is 0 Å².